The fraction of sp³-hybridized carbons (Fsp3) is 1.00. The van der Waals surface area contributed by atoms with Crippen LogP contribution < -0.4 is 5.43 Å². The van der Waals surface area contributed by atoms with Crippen LogP contribution in [0.15, 0.2) is 0 Å². The van der Waals surface area contributed by atoms with Gasteiger partial charge in [0.25, 0.3) is 0 Å². The summed E-state index contributed by atoms with van der Waals surface area (Å²) in [5.41, 5.74) is 2.92. The van der Waals surface area contributed by atoms with Gasteiger partial charge in [-0.05, 0) is 19.3 Å². The van der Waals surface area contributed by atoms with Crippen molar-refractivity contribution < 1.29 is 10.3 Å². The van der Waals surface area contributed by atoms with Crippen molar-refractivity contribution in [3.63, 3.8) is 0 Å². The first-order chi connectivity index (χ1) is 6.77. The third-order valence-electron chi connectivity index (χ3n) is 2.95. The molecule has 0 radical (unpaired) electrons. The van der Waals surface area contributed by atoms with Gasteiger partial charge in [-0.15, -0.1) is 5.17 Å². The number of hydrazine groups is 1. The summed E-state index contributed by atoms with van der Waals surface area (Å²) in [7, 11) is 0. The van der Waals surface area contributed by atoms with Gasteiger partial charge in [0.05, 0.1) is 12.6 Å². The van der Waals surface area contributed by atoms with Gasteiger partial charge in [-0.3, -0.25) is 5.21 Å². The first kappa shape index (κ1) is 11.9. The minimum absolute atomic E-state index is 0.0260. The number of hydrogen-bond donors (Lipinski definition) is 3. The number of nitrogens with zero attached hydrogens (tertiary/aromatic N) is 1. The van der Waals surface area contributed by atoms with Crippen LogP contribution in [0.3, 0.4) is 0 Å². The van der Waals surface area contributed by atoms with Crippen LogP contribution in [0.5, 0.6) is 0 Å². The second-order valence-corrected chi connectivity index (χ2v) is 4.05. The Morgan fingerprint density at radius 1 is 1.36 bits per heavy atom. The fourth-order valence-electron chi connectivity index (χ4n) is 1.88. The predicted octanol–water partition coefficient (Wildman–Crippen LogP) is 1.29. The van der Waals surface area contributed by atoms with Crippen molar-refractivity contribution in [1.82, 2.24) is 10.6 Å². The maximum atomic E-state index is 9.72. The van der Waals surface area contributed by atoms with Crippen molar-refractivity contribution in [2.45, 2.75) is 57.5 Å². The number of rotatable bonds is 5. The highest BCUT2D eigenvalue weighted by molar-refractivity contribution is 4.70. The zero-order valence-electron chi connectivity index (χ0n) is 8.95. The fourth-order valence-corrected chi connectivity index (χ4v) is 1.88. The van der Waals surface area contributed by atoms with Gasteiger partial charge in [-0.2, -0.15) is 0 Å². The quantitative estimate of drug-likeness (QED) is 0.588. The molecule has 0 amide bonds. The van der Waals surface area contributed by atoms with Gasteiger partial charge in [0.15, 0.2) is 0 Å². The lowest BCUT2D eigenvalue weighted by molar-refractivity contribution is -0.187. The molecule has 0 bridgehead atoms. The summed E-state index contributed by atoms with van der Waals surface area (Å²) < 4.78 is 0. The van der Waals surface area contributed by atoms with Crippen molar-refractivity contribution >= 4 is 0 Å². The van der Waals surface area contributed by atoms with E-state index in [4.69, 9.17) is 5.11 Å². The lowest BCUT2D eigenvalue weighted by atomic mass is 9.96. The van der Waals surface area contributed by atoms with Crippen molar-refractivity contribution in [2.75, 3.05) is 6.61 Å². The van der Waals surface area contributed by atoms with Crippen LogP contribution in [0.4, 0.5) is 0 Å². The molecule has 1 rings (SSSR count). The molecular weight excluding hydrogens is 180 g/mol. The molecule has 1 saturated carbocycles. The molecule has 4 heteroatoms. The summed E-state index contributed by atoms with van der Waals surface area (Å²) in [5.74, 6) is 0. The van der Waals surface area contributed by atoms with E-state index in [0.29, 0.717) is 0 Å². The van der Waals surface area contributed by atoms with Crippen LogP contribution in [-0.2, 0) is 0 Å². The minimum atomic E-state index is -0.0260. The molecule has 0 saturated heterocycles. The topological polar surface area (TPSA) is 55.7 Å². The highest BCUT2D eigenvalue weighted by atomic mass is 16.5. The predicted molar refractivity (Wildman–Crippen MR) is 54.8 cm³/mol. The van der Waals surface area contributed by atoms with E-state index in [2.05, 4.69) is 5.43 Å². The average Bonchev–Trinajstić information content (AvgIpc) is 2.26. The molecule has 0 aromatic carbocycles. The smallest absolute Gasteiger partial charge is 0.0599 e. The van der Waals surface area contributed by atoms with Gasteiger partial charge in [0, 0.05) is 6.04 Å². The van der Waals surface area contributed by atoms with E-state index in [-0.39, 0.29) is 18.7 Å². The van der Waals surface area contributed by atoms with E-state index in [9.17, 15) is 5.21 Å². The highest BCUT2D eigenvalue weighted by Crippen LogP contribution is 2.20. The highest BCUT2D eigenvalue weighted by Gasteiger charge is 2.21. The number of aliphatic hydroxyl groups is 1. The van der Waals surface area contributed by atoms with Crippen LogP contribution >= 0.6 is 0 Å². The molecule has 0 aliphatic heterocycles. The Labute approximate surface area is 85.8 Å². The maximum Gasteiger partial charge on any atom is 0.0599 e. The molecule has 1 fully saturated rings. The molecule has 14 heavy (non-hydrogen) atoms. The Hall–Kier alpha value is -0.160. The molecular formula is C10H22N2O2. The Morgan fingerprint density at radius 2 is 2.00 bits per heavy atom. The number of aliphatic hydroxyl groups excluding tert-OH is 1. The summed E-state index contributed by atoms with van der Waals surface area (Å²) in [6, 6.07) is 0.200. The van der Waals surface area contributed by atoms with Crippen molar-refractivity contribution in [3.8, 4) is 0 Å². The van der Waals surface area contributed by atoms with Crippen molar-refractivity contribution in [3.05, 3.63) is 0 Å². The Kier molecular flexibility index (Phi) is 5.40. The third kappa shape index (κ3) is 3.53. The molecule has 1 atom stereocenters. The van der Waals surface area contributed by atoms with Gasteiger partial charge >= 0.3 is 0 Å². The molecule has 1 unspecified atom stereocenters. The van der Waals surface area contributed by atoms with Gasteiger partial charge in [0.1, 0.15) is 0 Å². The Morgan fingerprint density at radius 3 is 2.50 bits per heavy atom. The average molecular weight is 202 g/mol. The lowest BCUT2D eigenvalue weighted by Crippen LogP contribution is -2.50. The van der Waals surface area contributed by atoms with Crippen molar-refractivity contribution in [2.24, 2.45) is 0 Å². The van der Waals surface area contributed by atoms with Gasteiger partial charge in [0.2, 0.25) is 0 Å². The van der Waals surface area contributed by atoms with E-state index in [1.54, 1.807) is 0 Å². The zero-order valence-corrected chi connectivity index (χ0v) is 8.95. The molecule has 1 aliphatic carbocycles. The SMILES string of the molecule is CCC(CO)NN(O)C1CCCCC1. The van der Waals surface area contributed by atoms with Gasteiger partial charge in [-0.1, -0.05) is 26.2 Å². The number of hydrogen-bond acceptors (Lipinski definition) is 4. The summed E-state index contributed by atoms with van der Waals surface area (Å²) in [6.45, 7) is 2.06. The van der Waals surface area contributed by atoms with E-state index in [1.165, 1.54) is 24.4 Å². The molecule has 0 aromatic rings. The van der Waals surface area contributed by atoms with Crippen LogP contribution in [0, 0.1) is 0 Å². The maximum absolute atomic E-state index is 9.72. The van der Waals surface area contributed by atoms with Crippen LogP contribution in [-0.4, -0.2) is 34.2 Å². The third-order valence-corrected chi connectivity index (χ3v) is 2.95. The van der Waals surface area contributed by atoms with Gasteiger partial charge in [-0.25, -0.2) is 5.43 Å². The molecule has 0 aromatic heterocycles. The number of hydroxylamine groups is 1. The minimum Gasteiger partial charge on any atom is -0.395 e. The molecule has 3 N–H and O–H groups in total. The van der Waals surface area contributed by atoms with E-state index in [1.807, 2.05) is 6.92 Å². The first-order valence-corrected chi connectivity index (χ1v) is 5.63. The normalized spacial score (nSPS) is 21.4. The zero-order chi connectivity index (χ0) is 10.4. The van der Waals surface area contributed by atoms with Gasteiger partial charge < -0.3 is 5.11 Å². The second-order valence-electron chi connectivity index (χ2n) is 4.05. The monoisotopic (exact) mass is 202 g/mol. The van der Waals surface area contributed by atoms with Crippen LogP contribution in [0.1, 0.15) is 45.4 Å². The molecule has 84 valence electrons. The summed E-state index contributed by atoms with van der Waals surface area (Å²) in [5, 5.41) is 19.9. The Bertz CT molecular complexity index is 145. The summed E-state index contributed by atoms with van der Waals surface area (Å²) in [6.07, 6.45) is 6.58. The lowest BCUT2D eigenvalue weighted by Gasteiger charge is -2.31. The van der Waals surface area contributed by atoms with Crippen molar-refractivity contribution in [1.29, 1.82) is 0 Å². The van der Waals surface area contributed by atoms with Crippen LogP contribution in [0.25, 0.3) is 0 Å². The van der Waals surface area contributed by atoms with E-state index in [0.717, 1.165) is 19.3 Å². The molecule has 1 aliphatic rings. The standard InChI is InChI=1S/C10H22N2O2/c1-2-9(8-13)11-12(14)10-6-4-3-5-7-10/h9-11,13-14H,2-8H2,1H3. The first-order valence-electron chi connectivity index (χ1n) is 5.63. The van der Waals surface area contributed by atoms with Crippen LogP contribution in [0.2, 0.25) is 0 Å². The second kappa shape index (κ2) is 6.35. The molecule has 0 spiro atoms. The number of nitrogens with one attached hydrogen (secondary N) is 1. The summed E-state index contributed by atoms with van der Waals surface area (Å²) >= 11 is 0. The molecule has 0 heterocycles. The molecule has 4 nitrogen and oxygen atoms in total. The largest absolute Gasteiger partial charge is 0.395 e. The summed E-state index contributed by atoms with van der Waals surface area (Å²) in [4.78, 5) is 0. The van der Waals surface area contributed by atoms with E-state index < -0.39 is 0 Å². The Balaban J connectivity index is 2.27. The van der Waals surface area contributed by atoms with E-state index >= 15 is 0 Å².